The molecule has 0 radical (unpaired) electrons. The van der Waals surface area contributed by atoms with Gasteiger partial charge >= 0.3 is 6.61 Å². The van der Waals surface area contributed by atoms with Gasteiger partial charge in [-0.3, -0.25) is 4.79 Å². The summed E-state index contributed by atoms with van der Waals surface area (Å²) < 4.78 is 43.3. The quantitative estimate of drug-likeness (QED) is 0.676. The Morgan fingerprint density at radius 1 is 1.29 bits per heavy atom. The molecular formula is C20H24ClF2N3O5. The smallest absolute Gasteiger partial charge is 0.345 e. The fourth-order valence-corrected chi connectivity index (χ4v) is 3.31. The highest BCUT2D eigenvalue weighted by molar-refractivity contribution is 6.30. The Kier molecular flexibility index (Phi) is 8.98. The van der Waals surface area contributed by atoms with Gasteiger partial charge in [-0.1, -0.05) is 11.6 Å². The number of hydrogen-bond donors (Lipinski definition) is 1. The van der Waals surface area contributed by atoms with E-state index < -0.39 is 6.61 Å². The van der Waals surface area contributed by atoms with Crippen molar-refractivity contribution in [2.24, 2.45) is 0 Å². The number of halogens is 3. The minimum absolute atomic E-state index is 0.0120. The minimum atomic E-state index is -2.69. The van der Waals surface area contributed by atoms with Crippen molar-refractivity contribution in [3.05, 3.63) is 41.6 Å². The molecule has 1 saturated carbocycles. The predicted octanol–water partition coefficient (Wildman–Crippen LogP) is 3.57. The molecule has 0 bridgehead atoms. The number of carbonyl (C=O) groups excluding carboxylic acids is 1. The number of rotatable bonds is 7. The predicted molar refractivity (Wildman–Crippen MR) is 106 cm³/mol. The van der Waals surface area contributed by atoms with Gasteiger partial charge < -0.3 is 23.9 Å². The van der Waals surface area contributed by atoms with Gasteiger partial charge in [0.1, 0.15) is 5.75 Å². The Bertz CT molecular complexity index is 783. The van der Waals surface area contributed by atoms with Crippen molar-refractivity contribution >= 4 is 17.5 Å². The van der Waals surface area contributed by atoms with Crippen LogP contribution in [0.3, 0.4) is 0 Å². The van der Waals surface area contributed by atoms with Crippen LogP contribution in [0.2, 0.25) is 5.02 Å². The van der Waals surface area contributed by atoms with E-state index in [1.54, 1.807) is 24.3 Å². The summed E-state index contributed by atoms with van der Waals surface area (Å²) in [5.41, 5.74) is 0. The maximum Gasteiger partial charge on any atom is 0.345 e. The standard InChI is InChI=1S/C13H16ClNO3.C7H8F2N2O2/c14-10-3-5-12(6-4-10)18-9-13(16)15-11-2-1-7-17-8-11;8-7(9)13-5-1-4(2-5)6-11-10-3-12-6/h3-6,11H,1-2,7-9H2,(H,15,16);3-5,7H,1-2H2. The zero-order valence-electron chi connectivity index (χ0n) is 16.7. The number of nitrogens with one attached hydrogen (secondary N) is 1. The first-order valence-electron chi connectivity index (χ1n) is 9.94. The average molecular weight is 460 g/mol. The Labute approximate surface area is 183 Å². The molecule has 1 aromatic carbocycles. The lowest BCUT2D eigenvalue weighted by Gasteiger charge is -2.31. The molecular weight excluding hydrogens is 436 g/mol. The molecule has 2 aromatic rings. The summed E-state index contributed by atoms with van der Waals surface area (Å²) in [4.78, 5) is 11.6. The second-order valence-electron chi connectivity index (χ2n) is 7.19. The summed E-state index contributed by atoms with van der Waals surface area (Å²) in [6.07, 6.45) is 3.89. The zero-order chi connectivity index (χ0) is 22.1. The first kappa shape index (κ1) is 23.4. The van der Waals surface area contributed by atoms with Gasteiger partial charge in [0.2, 0.25) is 12.3 Å². The largest absolute Gasteiger partial charge is 0.484 e. The van der Waals surface area contributed by atoms with Crippen LogP contribution in [0.25, 0.3) is 0 Å². The van der Waals surface area contributed by atoms with Crippen LogP contribution in [0, 0.1) is 0 Å². The molecule has 2 aliphatic rings. The highest BCUT2D eigenvalue weighted by Crippen LogP contribution is 2.38. The normalized spacial score (nSPS) is 22.8. The number of ether oxygens (including phenoxy) is 3. The van der Waals surface area contributed by atoms with Crippen LogP contribution in [0.15, 0.2) is 35.1 Å². The number of aromatic nitrogens is 2. The summed E-state index contributed by atoms with van der Waals surface area (Å²) in [5, 5.41) is 10.7. The molecule has 8 nitrogen and oxygen atoms in total. The fraction of sp³-hybridized carbons (Fsp3) is 0.550. The van der Waals surface area contributed by atoms with Crippen molar-refractivity contribution in [1.29, 1.82) is 0 Å². The lowest BCUT2D eigenvalue weighted by atomic mass is 9.82. The minimum Gasteiger partial charge on any atom is -0.484 e. The maximum atomic E-state index is 11.7. The van der Waals surface area contributed by atoms with E-state index in [1.807, 2.05) is 0 Å². The molecule has 1 atom stereocenters. The summed E-state index contributed by atoms with van der Waals surface area (Å²) in [5.74, 6) is 1.11. The summed E-state index contributed by atoms with van der Waals surface area (Å²) in [7, 11) is 0. The van der Waals surface area contributed by atoms with E-state index in [1.165, 1.54) is 6.39 Å². The van der Waals surface area contributed by atoms with Crippen LogP contribution < -0.4 is 10.1 Å². The molecule has 1 aliphatic carbocycles. The Hall–Kier alpha value is -2.30. The van der Waals surface area contributed by atoms with Crippen LogP contribution in [0.5, 0.6) is 5.75 Å². The Morgan fingerprint density at radius 3 is 2.68 bits per heavy atom. The van der Waals surface area contributed by atoms with Gasteiger partial charge in [-0.05, 0) is 49.9 Å². The number of hydrogen-bond acceptors (Lipinski definition) is 7. The number of alkyl halides is 2. The molecule has 1 saturated heterocycles. The van der Waals surface area contributed by atoms with Crippen molar-refractivity contribution in [1.82, 2.24) is 15.5 Å². The molecule has 31 heavy (non-hydrogen) atoms. The first-order valence-corrected chi connectivity index (χ1v) is 10.3. The third-order valence-electron chi connectivity index (χ3n) is 4.83. The van der Waals surface area contributed by atoms with Gasteiger partial charge in [0.05, 0.1) is 18.8 Å². The molecule has 0 spiro atoms. The monoisotopic (exact) mass is 459 g/mol. The van der Waals surface area contributed by atoms with E-state index in [0.29, 0.717) is 36.1 Å². The number of carbonyl (C=O) groups is 1. The lowest BCUT2D eigenvalue weighted by molar-refractivity contribution is -0.185. The van der Waals surface area contributed by atoms with Crippen molar-refractivity contribution in [2.45, 2.75) is 50.4 Å². The van der Waals surface area contributed by atoms with Crippen LogP contribution in [-0.4, -0.2) is 54.7 Å². The van der Waals surface area contributed by atoms with Crippen molar-refractivity contribution < 1.29 is 32.2 Å². The zero-order valence-corrected chi connectivity index (χ0v) is 17.5. The van der Waals surface area contributed by atoms with Crippen LogP contribution in [0.4, 0.5) is 8.78 Å². The van der Waals surface area contributed by atoms with E-state index in [4.69, 9.17) is 25.5 Å². The summed E-state index contributed by atoms with van der Waals surface area (Å²) >= 11 is 5.75. The molecule has 1 aromatic heterocycles. The molecule has 1 N–H and O–H groups in total. The molecule has 11 heteroatoms. The van der Waals surface area contributed by atoms with E-state index in [0.717, 1.165) is 19.4 Å². The van der Waals surface area contributed by atoms with Gasteiger partial charge in [-0.2, -0.15) is 8.78 Å². The van der Waals surface area contributed by atoms with E-state index >= 15 is 0 Å². The summed E-state index contributed by atoms with van der Waals surface area (Å²) in [6.45, 7) is -1.30. The highest BCUT2D eigenvalue weighted by atomic mass is 35.5. The van der Waals surface area contributed by atoms with Gasteiger partial charge in [-0.25, -0.2) is 0 Å². The maximum absolute atomic E-state index is 11.7. The molecule has 4 rings (SSSR count). The molecule has 1 amide bonds. The first-order chi connectivity index (χ1) is 15.0. The number of nitrogens with zero attached hydrogens (tertiary/aromatic N) is 2. The van der Waals surface area contributed by atoms with E-state index in [-0.39, 0.29) is 30.6 Å². The van der Waals surface area contributed by atoms with Crippen LogP contribution in [-0.2, 0) is 14.3 Å². The van der Waals surface area contributed by atoms with Gasteiger partial charge in [-0.15, -0.1) is 10.2 Å². The fourth-order valence-electron chi connectivity index (χ4n) is 3.19. The van der Waals surface area contributed by atoms with Crippen LogP contribution in [0.1, 0.15) is 37.5 Å². The SMILES string of the molecule is FC(F)OC1CC(c2nnco2)C1.O=C(COc1ccc(Cl)cc1)NC1CCCOC1. The third kappa shape index (κ3) is 8.04. The molecule has 1 aliphatic heterocycles. The van der Waals surface area contributed by atoms with Crippen molar-refractivity contribution in [2.75, 3.05) is 19.8 Å². The second-order valence-corrected chi connectivity index (χ2v) is 7.62. The Morgan fingerprint density at radius 2 is 2.06 bits per heavy atom. The molecule has 2 heterocycles. The molecule has 1 unspecified atom stereocenters. The number of benzene rings is 1. The molecule has 170 valence electrons. The Balaban J connectivity index is 0.000000185. The topological polar surface area (TPSA) is 95.7 Å². The van der Waals surface area contributed by atoms with E-state index in [2.05, 4.69) is 20.3 Å². The van der Waals surface area contributed by atoms with Crippen LogP contribution >= 0.6 is 11.6 Å². The van der Waals surface area contributed by atoms with Gasteiger partial charge in [0, 0.05) is 17.5 Å². The summed E-state index contributed by atoms with van der Waals surface area (Å²) in [6, 6.07) is 7.03. The van der Waals surface area contributed by atoms with E-state index in [9.17, 15) is 13.6 Å². The number of amides is 1. The van der Waals surface area contributed by atoms with Gasteiger partial charge in [0.25, 0.3) is 5.91 Å². The van der Waals surface area contributed by atoms with Crippen molar-refractivity contribution in [3.8, 4) is 5.75 Å². The highest BCUT2D eigenvalue weighted by Gasteiger charge is 2.36. The lowest BCUT2D eigenvalue weighted by Crippen LogP contribution is -2.42. The third-order valence-corrected chi connectivity index (χ3v) is 5.08. The average Bonchev–Trinajstić information content (AvgIpc) is 3.25. The van der Waals surface area contributed by atoms with Gasteiger partial charge in [0.15, 0.2) is 6.61 Å². The molecule has 2 fully saturated rings. The second kappa shape index (κ2) is 11.9. The van der Waals surface area contributed by atoms with Crippen molar-refractivity contribution in [3.63, 3.8) is 0 Å².